The molecule has 0 aliphatic heterocycles. The van der Waals surface area contributed by atoms with Gasteiger partial charge >= 0.3 is 0 Å². The summed E-state index contributed by atoms with van der Waals surface area (Å²) in [5.74, 6) is 0. The molecule has 0 spiro atoms. The molecule has 4 nitrogen and oxygen atoms in total. The minimum absolute atomic E-state index is 0.594. The summed E-state index contributed by atoms with van der Waals surface area (Å²) in [6.45, 7) is 7.32. The maximum absolute atomic E-state index is 9.36. The van der Waals surface area contributed by atoms with E-state index in [0.717, 1.165) is 49.4 Å². The normalized spacial score (nSPS) is 11.3. The second-order valence-electron chi connectivity index (χ2n) is 7.24. The van der Waals surface area contributed by atoms with E-state index in [9.17, 15) is 5.26 Å². The Hall–Kier alpha value is -4.54. The fourth-order valence-electron chi connectivity index (χ4n) is 4.32. The highest BCUT2D eigenvalue weighted by molar-refractivity contribution is 6.13. The van der Waals surface area contributed by atoms with Crippen molar-refractivity contribution >= 4 is 49.4 Å². The van der Waals surface area contributed by atoms with Crippen LogP contribution in [0.3, 0.4) is 0 Å². The summed E-state index contributed by atoms with van der Waals surface area (Å²) < 4.78 is 8.46. The average Bonchev–Trinajstić information content (AvgIpc) is 3.33. The Morgan fingerprint density at radius 3 is 2.50 bits per heavy atom. The summed E-state index contributed by atoms with van der Waals surface area (Å²) in [6, 6.07) is 27.8. The molecular formula is C26H13N3O. The van der Waals surface area contributed by atoms with E-state index in [2.05, 4.69) is 27.6 Å². The monoisotopic (exact) mass is 383 g/mol. The minimum Gasteiger partial charge on any atom is -0.454 e. The zero-order valence-corrected chi connectivity index (χ0v) is 15.8. The molecule has 0 radical (unpaired) electrons. The summed E-state index contributed by atoms with van der Waals surface area (Å²) >= 11 is 0. The molecule has 4 heteroatoms. The topological polar surface area (TPSA) is 46.2 Å². The zero-order chi connectivity index (χ0) is 20.2. The molecule has 0 N–H and O–H groups in total. The molecule has 0 aliphatic rings. The van der Waals surface area contributed by atoms with Crippen LogP contribution in [-0.2, 0) is 0 Å². The first-order valence-electron chi connectivity index (χ1n) is 9.55. The highest BCUT2D eigenvalue weighted by Gasteiger charge is 2.17. The molecule has 0 bridgehead atoms. The number of nitriles is 1. The number of rotatable bonds is 1. The quantitative estimate of drug-likeness (QED) is 0.284. The fraction of sp³-hybridized carbons (Fsp3) is 0. The highest BCUT2D eigenvalue weighted by Crippen LogP contribution is 2.38. The Bertz CT molecular complexity index is 1720. The van der Waals surface area contributed by atoms with Gasteiger partial charge in [0, 0.05) is 21.5 Å². The van der Waals surface area contributed by atoms with Gasteiger partial charge in [0.25, 0.3) is 0 Å². The molecule has 0 fully saturated rings. The molecule has 2 heterocycles. The van der Waals surface area contributed by atoms with Crippen molar-refractivity contribution in [1.29, 1.82) is 5.26 Å². The molecule has 4 aromatic carbocycles. The maximum Gasteiger partial charge on any atom is 0.188 e. The molecule has 6 aromatic rings. The Labute approximate surface area is 171 Å². The molecule has 138 valence electrons. The summed E-state index contributed by atoms with van der Waals surface area (Å²) in [6.07, 6.45) is 0. The van der Waals surface area contributed by atoms with Crippen LogP contribution in [0.4, 0.5) is 5.69 Å². The van der Waals surface area contributed by atoms with Crippen LogP contribution in [0.15, 0.2) is 83.3 Å². The van der Waals surface area contributed by atoms with E-state index in [1.807, 2.05) is 60.7 Å². The van der Waals surface area contributed by atoms with Crippen LogP contribution in [0.25, 0.3) is 54.3 Å². The van der Waals surface area contributed by atoms with Crippen molar-refractivity contribution < 1.29 is 4.42 Å². The molecule has 0 aliphatic carbocycles. The van der Waals surface area contributed by atoms with Crippen molar-refractivity contribution in [1.82, 2.24) is 4.57 Å². The third kappa shape index (κ3) is 2.13. The second kappa shape index (κ2) is 5.98. The minimum atomic E-state index is 0.594. The average molecular weight is 383 g/mol. The van der Waals surface area contributed by atoms with Crippen LogP contribution in [0.2, 0.25) is 0 Å². The summed E-state index contributed by atoms with van der Waals surface area (Å²) in [5, 5.41) is 13.4. The fourth-order valence-corrected chi connectivity index (χ4v) is 4.32. The van der Waals surface area contributed by atoms with Gasteiger partial charge < -0.3 is 8.98 Å². The molecule has 0 saturated carbocycles. The predicted molar refractivity (Wildman–Crippen MR) is 119 cm³/mol. The number of benzene rings is 4. The van der Waals surface area contributed by atoms with Gasteiger partial charge in [-0.2, -0.15) is 5.26 Å². The Kier molecular flexibility index (Phi) is 3.27. The van der Waals surface area contributed by atoms with Gasteiger partial charge in [0.1, 0.15) is 5.58 Å². The first-order valence-corrected chi connectivity index (χ1v) is 9.55. The Morgan fingerprint density at radius 1 is 0.800 bits per heavy atom. The van der Waals surface area contributed by atoms with Gasteiger partial charge in [-0.25, -0.2) is 4.85 Å². The summed E-state index contributed by atoms with van der Waals surface area (Å²) in [5.41, 5.74) is 5.78. The Morgan fingerprint density at radius 2 is 1.63 bits per heavy atom. The van der Waals surface area contributed by atoms with Crippen LogP contribution < -0.4 is 0 Å². The van der Waals surface area contributed by atoms with Crippen molar-refractivity contribution in [2.75, 3.05) is 0 Å². The van der Waals surface area contributed by atoms with Crippen LogP contribution in [0.5, 0.6) is 0 Å². The number of para-hydroxylation sites is 2. The van der Waals surface area contributed by atoms with Gasteiger partial charge in [0.2, 0.25) is 0 Å². The van der Waals surface area contributed by atoms with Gasteiger partial charge in [-0.15, -0.1) is 0 Å². The summed E-state index contributed by atoms with van der Waals surface area (Å²) in [7, 11) is 0. The zero-order valence-electron chi connectivity index (χ0n) is 15.8. The van der Waals surface area contributed by atoms with E-state index in [1.165, 1.54) is 0 Å². The van der Waals surface area contributed by atoms with Crippen LogP contribution in [-0.4, -0.2) is 4.57 Å². The van der Waals surface area contributed by atoms with Gasteiger partial charge in [-0.3, -0.25) is 0 Å². The maximum atomic E-state index is 9.36. The van der Waals surface area contributed by atoms with Gasteiger partial charge in [-0.1, -0.05) is 36.4 Å². The smallest absolute Gasteiger partial charge is 0.188 e. The molecule has 0 unspecified atom stereocenters. The lowest BCUT2D eigenvalue weighted by Gasteiger charge is -2.08. The third-order valence-corrected chi connectivity index (χ3v) is 5.63. The number of furan rings is 1. The number of fused-ring (bicyclic) bond motifs is 6. The van der Waals surface area contributed by atoms with Crippen molar-refractivity contribution in [3.05, 3.63) is 95.8 Å². The molecule has 0 atom stereocenters. The van der Waals surface area contributed by atoms with E-state index in [4.69, 9.17) is 11.0 Å². The van der Waals surface area contributed by atoms with Crippen molar-refractivity contribution in [3.8, 4) is 11.8 Å². The predicted octanol–water partition coefficient (Wildman–Crippen LogP) is 7.11. The van der Waals surface area contributed by atoms with Gasteiger partial charge in [0.05, 0.1) is 34.9 Å². The number of hydrogen-bond donors (Lipinski definition) is 0. The highest BCUT2D eigenvalue weighted by atomic mass is 16.3. The molecule has 6 rings (SSSR count). The molecular weight excluding hydrogens is 370 g/mol. The van der Waals surface area contributed by atoms with E-state index in [-0.39, 0.29) is 0 Å². The molecule has 2 aromatic heterocycles. The van der Waals surface area contributed by atoms with Gasteiger partial charge in [0.15, 0.2) is 11.3 Å². The van der Waals surface area contributed by atoms with Crippen molar-refractivity contribution in [3.63, 3.8) is 0 Å². The van der Waals surface area contributed by atoms with E-state index >= 15 is 0 Å². The first-order chi connectivity index (χ1) is 14.8. The lowest BCUT2D eigenvalue weighted by Crippen LogP contribution is -1.94. The lowest BCUT2D eigenvalue weighted by molar-refractivity contribution is 0.666. The molecule has 0 saturated heterocycles. The second-order valence-corrected chi connectivity index (χ2v) is 7.24. The van der Waals surface area contributed by atoms with E-state index in [1.54, 1.807) is 6.07 Å². The van der Waals surface area contributed by atoms with Crippen LogP contribution in [0, 0.1) is 17.9 Å². The van der Waals surface area contributed by atoms with Gasteiger partial charge in [-0.05, 0) is 42.5 Å². The third-order valence-electron chi connectivity index (χ3n) is 5.63. The van der Waals surface area contributed by atoms with Crippen molar-refractivity contribution in [2.45, 2.75) is 0 Å². The summed E-state index contributed by atoms with van der Waals surface area (Å²) in [4.78, 5) is 3.55. The van der Waals surface area contributed by atoms with E-state index < -0.39 is 0 Å². The number of nitrogens with zero attached hydrogens (tertiary/aromatic N) is 3. The number of hydrogen-bond acceptors (Lipinski definition) is 2. The standard InChI is InChI=1S/C26H13N3O/c1-28-17-10-12-25-21(14-17)19-6-4-8-24(26(19)30-25)29-22-7-3-2-5-18(22)20-13-16(15-27)9-11-23(20)29/h2-14H. The largest absolute Gasteiger partial charge is 0.454 e. The van der Waals surface area contributed by atoms with Crippen LogP contribution >= 0.6 is 0 Å². The van der Waals surface area contributed by atoms with Crippen molar-refractivity contribution in [2.24, 2.45) is 0 Å². The van der Waals surface area contributed by atoms with E-state index in [0.29, 0.717) is 11.3 Å². The first kappa shape index (κ1) is 16.4. The Balaban J connectivity index is 1.78. The van der Waals surface area contributed by atoms with Crippen LogP contribution in [0.1, 0.15) is 5.56 Å². The SMILES string of the molecule is [C-]#[N+]c1ccc2oc3c(-n4c5ccccc5c5cc(C#N)ccc54)cccc3c2c1. The number of aromatic nitrogens is 1. The molecule has 30 heavy (non-hydrogen) atoms. The lowest BCUT2D eigenvalue weighted by atomic mass is 10.1. The molecule has 0 amide bonds.